The Morgan fingerprint density at radius 1 is 1.50 bits per heavy atom. The molecule has 0 fully saturated rings. The lowest BCUT2D eigenvalue weighted by atomic mass is 10.00. The highest BCUT2D eigenvalue weighted by molar-refractivity contribution is 8.02. The molecule has 1 aromatic heterocycles. The van der Waals surface area contributed by atoms with Crippen molar-refractivity contribution in [2.45, 2.75) is 6.92 Å². The van der Waals surface area contributed by atoms with Crippen LogP contribution in [0, 0.1) is 0 Å². The monoisotopic (exact) mass is 329 g/mol. The highest BCUT2D eigenvalue weighted by Crippen LogP contribution is 2.28. The fourth-order valence-electron chi connectivity index (χ4n) is 2.36. The number of thiophene rings is 1. The molecule has 22 heavy (non-hydrogen) atoms. The van der Waals surface area contributed by atoms with E-state index in [-0.39, 0.29) is 0 Å². The second-order valence-electron chi connectivity index (χ2n) is 4.76. The minimum Gasteiger partial charge on any atom is -0.213 e. The van der Waals surface area contributed by atoms with Crippen molar-refractivity contribution in [2.75, 3.05) is 19.5 Å². The first-order valence-corrected chi connectivity index (χ1v) is 9.20. The molecule has 4 heteroatoms. The molecular weight excluding hydrogens is 308 g/mol. The average Bonchev–Trinajstić information content (AvgIpc) is 3.19. The first-order chi connectivity index (χ1) is 10.6. The predicted octanol–water partition coefficient (Wildman–Crippen LogP) is 4.64. The molecule has 0 bridgehead atoms. The van der Waals surface area contributed by atoms with Crippen LogP contribution in [0.4, 0.5) is 0 Å². The van der Waals surface area contributed by atoms with Gasteiger partial charge in [-0.05, 0) is 30.7 Å². The van der Waals surface area contributed by atoms with Crippen molar-refractivity contribution in [2.24, 2.45) is 4.99 Å². The zero-order valence-corrected chi connectivity index (χ0v) is 14.8. The van der Waals surface area contributed by atoms with Gasteiger partial charge in [-0.2, -0.15) is 0 Å². The van der Waals surface area contributed by atoms with Crippen LogP contribution in [0.1, 0.15) is 11.8 Å². The van der Waals surface area contributed by atoms with Gasteiger partial charge in [-0.25, -0.2) is 9.57 Å². The van der Waals surface area contributed by atoms with Crippen LogP contribution in [0.2, 0.25) is 0 Å². The van der Waals surface area contributed by atoms with Gasteiger partial charge in [0.25, 0.3) is 0 Å². The van der Waals surface area contributed by atoms with E-state index in [0.717, 1.165) is 34.0 Å². The van der Waals surface area contributed by atoms with Crippen molar-refractivity contribution in [3.8, 4) is 0 Å². The Morgan fingerprint density at radius 3 is 2.82 bits per heavy atom. The third-order valence-electron chi connectivity index (χ3n) is 3.50. The van der Waals surface area contributed by atoms with Crippen LogP contribution >= 0.6 is 23.1 Å². The Morgan fingerprint density at radius 2 is 2.27 bits per heavy atom. The van der Waals surface area contributed by atoms with Gasteiger partial charge in [0.1, 0.15) is 12.3 Å². The minimum absolute atomic E-state index is 0.667. The molecule has 0 atom stereocenters. The van der Waals surface area contributed by atoms with Crippen molar-refractivity contribution < 1.29 is 4.58 Å². The molecule has 0 unspecified atom stereocenters. The molecule has 1 aliphatic rings. The fourth-order valence-corrected chi connectivity index (χ4v) is 3.64. The van der Waals surface area contributed by atoms with Gasteiger partial charge in [0, 0.05) is 15.4 Å². The van der Waals surface area contributed by atoms with E-state index >= 15 is 0 Å². The molecule has 1 aliphatic heterocycles. The van der Waals surface area contributed by atoms with E-state index in [2.05, 4.69) is 42.7 Å². The largest absolute Gasteiger partial charge is 0.237 e. The Kier molecular flexibility index (Phi) is 5.75. The zero-order chi connectivity index (χ0) is 16.1. The van der Waals surface area contributed by atoms with Gasteiger partial charge >= 0.3 is 0 Å². The summed E-state index contributed by atoms with van der Waals surface area (Å²) >= 11 is 3.36. The zero-order valence-electron chi connectivity index (χ0n) is 13.1. The fraction of sp³-hybridized carbons (Fsp3) is 0.222. The number of hydrogen-bond donors (Lipinski definition) is 0. The number of thioether (sulfide) groups is 1. The first kappa shape index (κ1) is 16.7. The second-order valence-corrected chi connectivity index (χ2v) is 6.55. The lowest BCUT2D eigenvalue weighted by molar-refractivity contribution is -0.516. The van der Waals surface area contributed by atoms with E-state index in [1.54, 1.807) is 29.2 Å². The summed E-state index contributed by atoms with van der Waals surface area (Å²) in [5.41, 5.74) is 4.01. The van der Waals surface area contributed by atoms with E-state index in [1.807, 2.05) is 18.4 Å². The van der Waals surface area contributed by atoms with Crippen molar-refractivity contribution in [3.63, 3.8) is 0 Å². The molecule has 1 aromatic rings. The summed E-state index contributed by atoms with van der Waals surface area (Å²) < 4.78 is 2.24. The minimum atomic E-state index is 0.667. The molecule has 0 aliphatic carbocycles. The summed E-state index contributed by atoms with van der Waals surface area (Å²) in [6, 6.07) is 4.15. The summed E-state index contributed by atoms with van der Waals surface area (Å²) in [6.45, 7) is 16.0. The van der Waals surface area contributed by atoms with Crippen molar-refractivity contribution in [1.82, 2.24) is 0 Å². The van der Waals surface area contributed by atoms with Crippen molar-refractivity contribution in [1.29, 1.82) is 0 Å². The number of allylic oxidation sites excluding steroid dienone is 4. The molecule has 2 heterocycles. The molecule has 2 nitrogen and oxygen atoms in total. The molecule has 114 valence electrons. The maximum Gasteiger partial charge on any atom is 0.237 e. The van der Waals surface area contributed by atoms with Gasteiger partial charge in [-0.3, -0.25) is 0 Å². The Balaban J connectivity index is 2.42. The first-order valence-electron chi connectivity index (χ1n) is 7.10. The van der Waals surface area contributed by atoms with Crippen LogP contribution < -0.4 is 0 Å². The van der Waals surface area contributed by atoms with Crippen LogP contribution in [0.3, 0.4) is 0 Å². The molecule has 0 saturated carbocycles. The van der Waals surface area contributed by atoms with Gasteiger partial charge in [0.2, 0.25) is 12.4 Å². The van der Waals surface area contributed by atoms with E-state index in [4.69, 9.17) is 4.99 Å². The van der Waals surface area contributed by atoms with Crippen LogP contribution in [-0.2, 0) is 0 Å². The van der Waals surface area contributed by atoms with Gasteiger partial charge in [-0.15, -0.1) is 23.1 Å². The number of aliphatic imine (C=N–C) groups is 1. The third-order valence-corrected chi connectivity index (χ3v) is 5.25. The summed E-state index contributed by atoms with van der Waals surface area (Å²) in [7, 11) is 0. The molecule has 0 radical (unpaired) electrons. The standard InChI is InChI=1S/C18H21N2S2/c1-6-9-15(21-5)13(3)17-18(20(7-2)12-19-17)14(4)16-10-8-11-22-16/h6,8-11H,1,3-4,7,12H2,2,5H3/q+1/b15-9-. The van der Waals surface area contributed by atoms with E-state index in [9.17, 15) is 0 Å². The van der Waals surface area contributed by atoms with Crippen molar-refractivity contribution >= 4 is 40.1 Å². The molecular formula is C18H21N2S2+. The van der Waals surface area contributed by atoms with E-state index < -0.39 is 0 Å². The lowest BCUT2D eigenvalue weighted by Gasteiger charge is -2.09. The van der Waals surface area contributed by atoms with Gasteiger partial charge < -0.3 is 0 Å². The van der Waals surface area contributed by atoms with Crippen molar-refractivity contribution in [3.05, 3.63) is 64.8 Å². The lowest BCUT2D eigenvalue weighted by Crippen LogP contribution is -2.24. The van der Waals surface area contributed by atoms with Crippen LogP contribution in [-0.4, -0.2) is 35.5 Å². The van der Waals surface area contributed by atoms with Crippen LogP contribution in [0.25, 0.3) is 5.57 Å². The number of nitrogens with zero attached hydrogens (tertiary/aromatic N) is 2. The van der Waals surface area contributed by atoms with E-state index in [1.165, 1.54) is 4.88 Å². The topological polar surface area (TPSA) is 15.4 Å². The quantitative estimate of drug-likeness (QED) is 0.526. The summed E-state index contributed by atoms with van der Waals surface area (Å²) in [5, 5.41) is 2.07. The Bertz CT molecular complexity index is 689. The second kappa shape index (κ2) is 7.56. The Labute approximate surface area is 141 Å². The highest BCUT2D eigenvalue weighted by Gasteiger charge is 2.32. The van der Waals surface area contributed by atoms with Gasteiger partial charge in [0.05, 0.1) is 5.57 Å². The van der Waals surface area contributed by atoms with Crippen LogP contribution in [0.5, 0.6) is 0 Å². The maximum atomic E-state index is 4.71. The normalized spacial score (nSPS) is 15.0. The summed E-state index contributed by atoms with van der Waals surface area (Å²) in [5.74, 6) is 0. The number of hydrogen-bond acceptors (Lipinski definition) is 3. The SMILES string of the molecule is C=C/C=C(\SC)C(=C)C1=NC[N+](CC)=C1C(=C)c1cccs1. The maximum absolute atomic E-state index is 4.71. The smallest absolute Gasteiger partial charge is 0.213 e. The third kappa shape index (κ3) is 3.23. The van der Waals surface area contributed by atoms with Gasteiger partial charge in [-0.1, -0.05) is 31.9 Å². The molecule has 0 spiro atoms. The predicted molar refractivity (Wildman–Crippen MR) is 102 cm³/mol. The summed E-state index contributed by atoms with van der Waals surface area (Å²) in [4.78, 5) is 6.97. The Hall–Kier alpha value is -1.65. The molecule has 2 rings (SSSR count). The van der Waals surface area contributed by atoms with Crippen LogP contribution in [0.15, 0.2) is 64.9 Å². The number of rotatable bonds is 7. The molecule has 0 saturated heterocycles. The molecule has 0 N–H and O–H groups in total. The average molecular weight is 330 g/mol. The molecule has 0 aromatic carbocycles. The van der Waals surface area contributed by atoms with Gasteiger partial charge in [0.15, 0.2) is 0 Å². The molecule has 0 amide bonds. The summed E-state index contributed by atoms with van der Waals surface area (Å²) in [6.07, 6.45) is 5.81. The highest BCUT2D eigenvalue weighted by atomic mass is 32.2. The van der Waals surface area contributed by atoms with E-state index in [0.29, 0.717) is 6.67 Å².